The Morgan fingerprint density at radius 1 is 1.38 bits per heavy atom. The third kappa shape index (κ3) is 3.88. The fourth-order valence-electron chi connectivity index (χ4n) is 2.69. The van der Waals surface area contributed by atoms with Gasteiger partial charge in [-0.2, -0.15) is 0 Å². The minimum atomic E-state index is -3.72. The molecule has 2 rings (SSSR count). The Hall–Kier alpha value is -0.820. The van der Waals surface area contributed by atoms with Crippen LogP contribution in [0.5, 0.6) is 5.75 Å². The molecule has 1 fully saturated rings. The van der Waals surface area contributed by atoms with Crippen molar-refractivity contribution >= 4 is 21.6 Å². The van der Waals surface area contributed by atoms with Gasteiger partial charge in [-0.15, -0.1) is 0 Å². The number of rotatable bonds is 6. The first-order chi connectivity index (χ1) is 9.97. The molecule has 1 aromatic carbocycles. The Morgan fingerprint density at radius 2 is 2.05 bits per heavy atom. The third-order valence-corrected chi connectivity index (χ3v) is 5.44. The third-order valence-electron chi connectivity index (χ3n) is 3.80. The van der Waals surface area contributed by atoms with Crippen molar-refractivity contribution in [2.24, 2.45) is 5.92 Å². The van der Waals surface area contributed by atoms with Crippen LogP contribution in [0.3, 0.4) is 0 Å². The van der Waals surface area contributed by atoms with E-state index in [4.69, 9.17) is 16.3 Å². The molecule has 0 aliphatic heterocycles. The average molecular weight is 334 g/mol. The first-order valence-electron chi connectivity index (χ1n) is 6.95. The van der Waals surface area contributed by atoms with Gasteiger partial charge in [0.2, 0.25) is 10.0 Å². The molecule has 1 aromatic rings. The van der Waals surface area contributed by atoms with Crippen LogP contribution in [0, 0.1) is 5.92 Å². The van der Waals surface area contributed by atoms with Gasteiger partial charge >= 0.3 is 0 Å². The summed E-state index contributed by atoms with van der Waals surface area (Å²) in [6.07, 6.45) is 4.41. The highest BCUT2D eigenvalue weighted by molar-refractivity contribution is 7.89. The number of methoxy groups -OCH3 is 1. The SMILES string of the molecule is COc1c(CO)cc(Cl)cc1S(=O)(=O)NCC1CCCC1. The summed E-state index contributed by atoms with van der Waals surface area (Å²) in [6, 6.07) is 2.84. The lowest BCUT2D eigenvalue weighted by Gasteiger charge is -2.16. The Labute approximate surface area is 130 Å². The molecule has 0 saturated heterocycles. The second kappa shape index (κ2) is 6.96. The Kier molecular flexibility index (Phi) is 5.48. The van der Waals surface area contributed by atoms with Gasteiger partial charge in [-0.3, -0.25) is 0 Å². The van der Waals surface area contributed by atoms with Crippen LogP contribution >= 0.6 is 11.6 Å². The van der Waals surface area contributed by atoms with Crippen LogP contribution in [0.4, 0.5) is 0 Å². The molecule has 1 aliphatic rings. The zero-order chi connectivity index (χ0) is 15.5. The second-order valence-corrected chi connectivity index (χ2v) is 7.43. The van der Waals surface area contributed by atoms with Crippen molar-refractivity contribution in [2.75, 3.05) is 13.7 Å². The van der Waals surface area contributed by atoms with Crippen LogP contribution in [-0.2, 0) is 16.6 Å². The van der Waals surface area contributed by atoms with E-state index in [0.717, 1.165) is 25.7 Å². The molecule has 0 amide bonds. The second-order valence-electron chi connectivity index (χ2n) is 5.26. The van der Waals surface area contributed by atoms with E-state index in [0.29, 0.717) is 18.0 Å². The molecule has 2 N–H and O–H groups in total. The Morgan fingerprint density at radius 3 is 2.62 bits per heavy atom. The molecule has 0 heterocycles. The number of benzene rings is 1. The molecule has 1 saturated carbocycles. The van der Waals surface area contributed by atoms with Gasteiger partial charge in [-0.1, -0.05) is 24.4 Å². The fourth-order valence-corrected chi connectivity index (χ4v) is 4.35. The van der Waals surface area contributed by atoms with Gasteiger partial charge in [0, 0.05) is 17.1 Å². The van der Waals surface area contributed by atoms with Crippen LogP contribution < -0.4 is 9.46 Å². The average Bonchev–Trinajstić information content (AvgIpc) is 2.97. The van der Waals surface area contributed by atoms with E-state index in [2.05, 4.69) is 4.72 Å². The maximum Gasteiger partial charge on any atom is 0.244 e. The molecule has 0 aromatic heterocycles. The molecule has 0 radical (unpaired) electrons. The minimum absolute atomic E-state index is 0.0282. The number of sulfonamides is 1. The molecule has 0 atom stereocenters. The lowest BCUT2D eigenvalue weighted by Crippen LogP contribution is -2.29. The summed E-state index contributed by atoms with van der Waals surface area (Å²) in [4.78, 5) is -0.0282. The predicted octanol–water partition coefficient (Wildman–Crippen LogP) is 2.31. The van der Waals surface area contributed by atoms with Crippen molar-refractivity contribution in [1.82, 2.24) is 4.72 Å². The van der Waals surface area contributed by atoms with Crippen molar-refractivity contribution in [3.8, 4) is 5.75 Å². The van der Waals surface area contributed by atoms with E-state index in [1.807, 2.05) is 0 Å². The molecule has 21 heavy (non-hydrogen) atoms. The topological polar surface area (TPSA) is 75.6 Å². The summed E-state index contributed by atoms with van der Waals surface area (Å²) < 4.78 is 32.7. The summed E-state index contributed by atoms with van der Waals surface area (Å²) >= 11 is 5.93. The van der Waals surface area contributed by atoms with Gasteiger partial charge in [0.1, 0.15) is 10.6 Å². The van der Waals surface area contributed by atoms with Crippen molar-refractivity contribution < 1.29 is 18.3 Å². The summed E-state index contributed by atoms with van der Waals surface area (Å²) in [5.74, 6) is 0.531. The number of hydrogen-bond donors (Lipinski definition) is 2. The summed E-state index contributed by atoms with van der Waals surface area (Å²) in [5, 5.41) is 9.56. The van der Waals surface area contributed by atoms with E-state index in [-0.39, 0.29) is 22.3 Å². The van der Waals surface area contributed by atoms with Crippen molar-refractivity contribution in [2.45, 2.75) is 37.2 Å². The summed E-state index contributed by atoms with van der Waals surface area (Å²) in [5.41, 5.74) is 0.353. The zero-order valence-electron chi connectivity index (χ0n) is 11.9. The molecule has 118 valence electrons. The Balaban J connectivity index is 2.27. The van der Waals surface area contributed by atoms with E-state index in [1.165, 1.54) is 19.2 Å². The van der Waals surface area contributed by atoms with Gasteiger partial charge in [0.15, 0.2) is 0 Å². The molecule has 7 heteroatoms. The quantitative estimate of drug-likeness (QED) is 0.837. The highest BCUT2D eigenvalue weighted by Crippen LogP contribution is 2.32. The summed E-state index contributed by atoms with van der Waals surface area (Å²) in [7, 11) is -2.34. The number of aliphatic hydroxyl groups is 1. The number of aliphatic hydroxyl groups excluding tert-OH is 1. The van der Waals surface area contributed by atoms with Crippen LogP contribution in [0.15, 0.2) is 17.0 Å². The normalized spacial score (nSPS) is 16.3. The molecule has 0 spiro atoms. The van der Waals surface area contributed by atoms with E-state index in [9.17, 15) is 13.5 Å². The van der Waals surface area contributed by atoms with Crippen molar-refractivity contribution in [3.63, 3.8) is 0 Å². The van der Waals surface area contributed by atoms with Crippen molar-refractivity contribution in [1.29, 1.82) is 0 Å². The lowest BCUT2D eigenvalue weighted by molar-refractivity contribution is 0.272. The largest absolute Gasteiger partial charge is 0.495 e. The molecular formula is C14H20ClNO4S. The number of halogens is 1. The first kappa shape index (κ1) is 16.5. The van der Waals surface area contributed by atoms with E-state index >= 15 is 0 Å². The van der Waals surface area contributed by atoms with E-state index in [1.54, 1.807) is 0 Å². The van der Waals surface area contributed by atoms with Gasteiger partial charge < -0.3 is 9.84 Å². The highest BCUT2D eigenvalue weighted by atomic mass is 35.5. The summed E-state index contributed by atoms with van der Waals surface area (Å²) in [6.45, 7) is 0.0847. The fraction of sp³-hybridized carbons (Fsp3) is 0.571. The van der Waals surface area contributed by atoms with Crippen LogP contribution in [-0.4, -0.2) is 27.2 Å². The number of ether oxygens (including phenoxy) is 1. The first-order valence-corrected chi connectivity index (χ1v) is 8.81. The standard InChI is InChI=1S/C14H20ClNO4S/c1-20-14-11(9-17)6-12(15)7-13(14)21(18,19)16-8-10-4-2-3-5-10/h6-7,10,16-17H,2-5,8-9H2,1H3. The highest BCUT2D eigenvalue weighted by Gasteiger charge is 2.24. The Bertz CT molecular complexity index is 597. The van der Waals surface area contributed by atoms with E-state index < -0.39 is 10.0 Å². The van der Waals surface area contributed by atoms with Crippen LogP contribution in [0.25, 0.3) is 0 Å². The van der Waals surface area contributed by atoms with Gasteiger partial charge in [0.25, 0.3) is 0 Å². The molecule has 0 bridgehead atoms. The monoisotopic (exact) mass is 333 g/mol. The smallest absolute Gasteiger partial charge is 0.244 e. The number of hydrogen-bond acceptors (Lipinski definition) is 4. The molecule has 1 aliphatic carbocycles. The van der Waals surface area contributed by atoms with Gasteiger partial charge in [-0.05, 0) is 30.9 Å². The maximum absolute atomic E-state index is 12.5. The minimum Gasteiger partial charge on any atom is -0.495 e. The lowest BCUT2D eigenvalue weighted by atomic mass is 10.1. The van der Waals surface area contributed by atoms with Crippen LogP contribution in [0.2, 0.25) is 5.02 Å². The van der Waals surface area contributed by atoms with Crippen molar-refractivity contribution in [3.05, 3.63) is 22.7 Å². The molecular weight excluding hydrogens is 314 g/mol. The van der Waals surface area contributed by atoms with Crippen LogP contribution in [0.1, 0.15) is 31.2 Å². The number of nitrogens with one attached hydrogen (secondary N) is 1. The molecule has 0 unspecified atom stereocenters. The van der Waals surface area contributed by atoms with Gasteiger partial charge in [-0.25, -0.2) is 13.1 Å². The predicted molar refractivity (Wildman–Crippen MR) is 81.1 cm³/mol. The zero-order valence-corrected chi connectivity index (χ0v) is 13.5. The van der Waals surface area contributed by atoms with Gasteiger partial charge in [0.05, 0.1) is 13.7 Å². The maximum atomic E-state index is 12.5. The molecule has 5 nitrogen and oxygen atoms in total.